The van der Waals surface area contributed by atoms with Crippen LogP contribution in [0.2, 0.25) is 0 Å². The lowest BCUT2D eigenvalue weighted by Gasteiger charge is -2.22. The van der Waals surface area contributed by atoms with Crippen molar-refractivity contribution in [2.75, 3.05) is 29.6 Å². The van der Waals surface area contributed by atoms with E-state index in [1.165, 1.54) is 30.9 Å². The number of nitrogens with one attached hydrogen (secondary N) is 2. The van der Waals surface area contributed by atoms with E-state index in [9.17, 15) is 27.6 Å². The molecular weight excluding hydrogens is 455 g/mol. The fraction of sp³-hybridized carbons (Fsp3) is 0.182. The van der Waals surface area contributed by atoms with Crippen molar-refractivity contribution in [3.8, 4) is 5.69 Å². The lowest BCUT2D eigenvalue weighted by atomic mass is 10.1. The van der Waals surface area contributed by atoms with Gasteiger partial charge in [0.15, 0.2) is 5.78 Å². The number of carboxylic acid groups (broad SMARTS) is 1. The lowest BCUT2D eigenvalue weighted by molar-refractivity contribution is -0.137. The molecule has 0 saturated heterocycles. The minimum Gasteiger partial charge on any atom is -0.465 e. The summed E-state index contributed by atoms with van der Waals surface area (Å²) in [6.07, 6.45) is -3.76. The van der Waals surface area contributed by atoms with Crippen LogP contribution in [0.1, 0.15) is 22.3 Å². The van der Waals surface area contributed by atoms with Crippen LogP contribution >= 0.6 is 0 Å². The summed E-state index contributed by atoms with van der Waals surface area (Å²) in [7, 11) is 2.73. The van der Waals surface area contributed by atoms with Crippen molar-refractivity contribution in [3.63, 3.8) is 0 Å². The van der Waals surface area contributed by atoms with Crippen molar-refractivity contribution in [2.24, 2.45) is 0 Å². The summed E-state index contributed by atoms with van der Waals surface area (Å²) in [4.78, 5) is 37.4. The first-order valence-electron chi connectivity index (χ1n) is 9.81. The first-order chi connectivity index (χ1) is 16.0. The smallest absolute Gasteiger partial charge is 0.418 e. The molecular formula is C22H20F3N5O4. The Morgan fingerprint density at radius 2 is 1.76 bits per heavy atom. The number of anilines is 3. The molecule has 0 aliphatic heterocycles. The predicted molar refractivity (Wildman–Crippen MR) is 119 cm³/mol. The number of halogens is 3. The number of benzene rings is 2. The maximum atomic E-state index is 13.6. The van der Waals surface area contributed by atoms with Gasteiger partial charge in [-0.05, 0) is 30.3 Å². The number of nitrogens with zero attached hydrogens (tertiary/aromatic N) is 3. The Balaban J connectivity index is 1.86. The topological polar surface area (TPSA) is 117 Å². The third-order valence-corrected chi connectivity index (χ3v) is 4.70. The van der Waals surface area contributed by atoms with Crippen LogP contribution in [-0.4, -0.2) is 46.8 Å². The van der Waals surface area contributed by atoms with Crippen LogP contribution in [0.4, 0.5) is 35.0 Å². The van der Waals surface area contributed by atoms with E-state index in [1.54, 1.807) is 30.6 Å². The number of hydrogen-bond acceptors (Lipinski definition) is 5. The molecule has 0 unspecified atom stereocenters. The van der Waals surface area contributed by atoms with Crippen molar-refractivity contribution >= 4 is 34.8 Å². The molecule has 3 aromatic rings. The zero-order valence-electron chi connectivity index (χ0n) is 18.1. The van der Waals surface area contributed by atoms with Crippen LogP contribution < -0.4 is 15.5 Å². The molecule has 0 spiro atoms. The third-order valence-electron chi connectivity index (χ3n) is 4.70. The van der Waals surface area contributed by atoms with E-state index in [2.05, 4.69) is 10.4 Å². The fourth-order valence-corrected chi connectivity index (χ4v) is 3.19. The molecule has 0 aliphatic carbocycles. The maximum absolute atomic E-state index is 13.6. The molecule has 3 rings (SSSR count). The van der Waals surface area contributed by atoms with Crippen molar-refractivity contribution < 1.29 is 32.7 Å². The molecule has 12 heteroatoms. The minimum absolute atomic E-state index is 0.200. The molecule has 0 aliphatic rings. The summed E-state index contributed by atoms with van der Waals surface area (Å²) in [5, 5.41) is 17.3. The van der Waals surface area contributed by atoms with Gasteiger partial charge in [-0.2, -0.15) is 18.3 Å². The van der Waals surface area contributed by atoms with Gasteiger partial charge in [-0.1, -0.05) is 12.1 Å². The van der Waals surface area contributed by atoms with Gasteiger partial charge in [-0.3, -0.25) is 14.9 Å². The predicted octanol–water partition coefficient (Wildman–Crippen LogP) is 4.26. The average Bonchev–Trinajstić information content (AvgIpc) is 3.28. The van der Waals surface area contributed by atoms with Crippen molar-refractivity contribution in [1.82, 2.24) is 9.78 Å². The molecule has 0 bridgehead atoms. The van der Waals surface area contributed by atoms with E-state index < -0.39 is 41.6 Å². The highest BCUT2D eigenvalue weighted by Gasteiger charge is 2.35. The molecule has 9 nitrogen and oxygen atoms in total. The van der Waals surface area contributed by atoms with E-state index in [1.807, 2.05) is 5.32 Å². The van der Waals surface area contributed by atoms with E-state index in [-0.39, 0.29) is 16.9 Å². The van der Waals surface area contributed by atoms with Gasteiger partial charge in [-0.15, -0.1) is 0 Å². The highest BCUT2D eigenvalue weighted by molar-refractivity contribution is 6.12. The molecule has 1 aromatic heterocycles. The standard InChI is InChI=1S/C22H20F3N5O4/c1-29(2)18-11-17(28-21(33)34)16(10-15(18)22(23,24)25)27-20(32)12-19(31)13-5-3-6-14(9-13)30-8-4-7-26-30/h3-11,28H,12H2,1-2H3,(H,27,32)(H,33,34). The Morgan fingerprint density at radius 3 is 2.35 bits per heavy atom. The molecule has 178 valence electrons. The first-order valence-corrected chi connectivity index (χ1v) is 9.81. The molecule has 1 heterocycles. The summed E-state index contributed by atoms with van der Waals surface area (Å²) in [5.74, 6) is -1.49. The van der Waals surface area contributed by atoms with Crippen LogP contribution in [0.25, 0.3) is 5.69 Å². The Kier molecular flexibility index (Phi) is 6.89. The van der Waals surface area contributed by atoms with Crippen LogP contribution in [0.5, 0.6) is 0 Å². The molecule has 34 heavy (non-hydrogen) atoms. The number of Topliss-reactive ketones (excluding diaryl/α,β-unsaturated/α-hetero) is 1. The van der Waals surface area contributed by atoms with Crippen LogP contribution in [0.3, 0.4) is 0 Å². The Morgan fingerprint density at radius 1 is 1.06 bits per heavy atom. The molecule has 2 amide bonds. The van der Waals surface area contributed by atoms with Gasteiger partial charge in [-0.25, -0.2) is 9.48 Å². The Hall–Kier alpha value is -4.35. The quantitative estimate of drug-likeness (QED) is 0.347. The van der Waals surface area contributed by atoms with Crippen LogP contribution in [0, 0.1) is 0 Å². The van der Waals surface area contributed by atoms with Crippen LogP contribution in [-0.2, 0) is 11.0 Å². The maximum Gasteiger partial charge on any atom is 0.418 e. The van der Waals surface area contributed by atoms with Crippen molar-refractivity contribution in [3.05, 3.63) is 66.0 Å². The number of ketones is 1. The van der Waals surface area contributed by atoms with Gasteiger partial charge < -0.3 is 15.3 Å². The molecule has 0 atom stereocenters. The second kappa shape index (κ2) is 9.65. The monoisotopic (exact) mass is 475 g/mol. The normalized spacial score (nSPS) is 11.1. The third kappa shape index (κ3) is 5.71. The van der Waals surface area contributed by atoms with Gasteiger partial charge in [0.25, 0.3) is 0 Å². The van der Waals surface area contributed by atoms with E-state index in [4.69, 9.17) is 5.11 Å². The van der Waals surface area contributed by atoms with Crippen molar-refractivity contribution in [2.45, 2.75) is 12.6 Å². The van der Waals surface area contributed by atoms with E-state index in [0.717, 1.165) is 11.0 Å². The van der Waals surface area contributed by atoms with Gasteiger partial charge in [0.05, 0.1) is 34.7 Å². The van der Waals surface area contributed by atoms with Gasteiger partial charge in [0.1, 0.15) is 0 Å². The summed E-state index contributed by atoms with van der Waals surface area (Å²) >= 11 is 0. The van der Waals surface area contributed by atoms with E-state index >= 15 is 0 Å². The zero-order chi connectivity index (χ0) is 25.0. The number of rotatable bonds is 7. The summed E-state index contributed by atoms with van der Waals surface area (Å²) < 4.78 is 42.2. The number of carbonyl (C=O) groups excluding carboxylic acids is 2. The Labute approximate surface area is 191 Å². The number of hydrogen-bond donors (Lipinski definition) is 3. The summed E-state index contributed by atoms with van der Waals surface area (Å²) in [6.45, 7) is 0. The summed E-state index contributed by atoms with van der Waals surface area (Å²) in [5.41, 5.74) is -1.30. The highest BCUT2D eigenvalue weighted by atomic mass is 19.4. The molecule has 0 radical (unpaired) electrons. The molecule has 2 aromatic carbocycles. The second-order valence-corrected chi connectivity index (χ2v) is 7.39. The summed E-state index contributed by atoms with van der Waals surface area (Å²) in [6, 6.07) is 9.61. The molecule has 0 saturated carbocycles. The van der Waals surface area contributed by atoms with E-state index in [0.29, 0.717) is 11.8 Å². The molecule has 0 fully saturated rings. The van der Waals surface area contributed by atoms with Gasteiger partial charge in [0, 0.05) is 32.1 Å². The zero-order valence-corrected chi connectivity index (χ0v) is 18.1. The minimum atomic E-state index is -4.77. The van der Waals surface area contributed by atoms with Crippen LogP contribution in [0.15, 0.2) is 54.9 Å². The number of alkyl halides is 3. The van der Waals surface area contributed by atoms with Gasteiger partial charge >= 0.3 is 12.3 Å². The first kappa shape index (κ1) is 24.3. The molecule has 3 N–H and O–H groups in total. The Bertz CT molecular complexity index is 1220. The number of aromatic nitrogens is 2. The van der Waals surface area contributed by atoms with Gasteiger partial charge in [0.2, 0.25) is 5.91 Å². The highest BCUT2D eigenvalue weighted by Crippen LogP contribution is 2.41. The average molecular weight is 475 g/mol. The second-order valence-electron chi connectivity index (χ2n) is 7.39. The lowest BCUT2D eigenvalue weighted by Crippen LogP contribution is -2.21. The number of amides is 2. The SMILES string of the molecule is CN(C)c1cc(NC(=O)O)c(NC(=O)CC(=O)c2cccc(-n3cccn3)c2)cc1C(F)(F)F. The van der Waals surface area contributed by atoms with Crippen molar-refractivity contribution in [1.29, 1.82) is 0 Å². The largest absolute Gasteiger partial charge is 0.465 e. The number of carbonyl (C=O) groups is 3. The fourth-order valence-electron chi connectivity index (χ4n) is 3.19.